The van der Waals surface area contributed by atoms with Crippen molar-refractivity contribution >= 4 is 5.97 Å². The van der Waals surface area contributed by atoms with E-state index in [2.05, 4.69) is 0 Å². The van der Waals surface area contributed by atoms with Gasteiger partial charge in [-0.25, -0.2) is 0 Å². The third kappa shape index (κ3) is 4.65. The molecule has 0 aliphatic rings. The van der Waals surface area contributed by atoms with Gasteiger partial charge in [-0.2, -0.15) is 10.5 Å². The molecular formula is C13H13N3O2. The van der Waals surface area contributed by atoms with Gasteiger partial charge in [-0.1, -0.05) is 24.3 Å². The Labute approximate surface area is 105 Å². The smallest absolute Gasteiger partial charge is 0.307 e. The van der Waals surface area contributed by atoms with E-state index in [1.54, 1.807) is 17.0 Å². The molecule has 0 saturated carbocycles. The number of rotatable bonds is 6. The van der Waals surface area contributed by atoms with E-state index in [1.807, 2.05) is 24.3 Å². The van der Waals surface area contributed by atoms with Gasteiger partial charge in [0.25, 0.3) is 0 Å². The quantitative estimate of drug-likeness (QED) is 0.757. The first-order chi connectivity index (χ1) is 8.65. The second-order valence-electron chi connectivity index (χ2n) is 3.85. The molecule has 18 heavy (non-hydrogen) atoms. The molecule has 1 aromatic rings. The predicted octanol–water partition coefficient (Wildman–Crippen LogP) is 1.16. The zero-order valence-corrected chi connectivity index (χ0v) is 9.83. The summed E-state index contributed by atoms with van der Waals surface area (Å²) in [5.41, 5.74) is 1.69. The zero-order valence-electron chi connectivity index (χ0n) is 9.83. The van der Waals surface area contributed by atoms with Crippen LogP contribution in [0.25, 0.3) is 0 Å². The molecule has 92 valence electrons. The molecule has 5 heteroatoms. The maximum Gasteiger partial charge on any atom is 0.307 e. The zero-order chi connectivity index (χ0) is 13.4. The lowest BCUT2D eigenvalue weighted by molar-refractivity contribution is -0.136. The number of benzene rings is 1. The van der Waals surface area contributed by atoms with Crippen LogP contribution < -0.4 is 0 Å². The average molecular weight is 243 g/mol. The van der Waals surface area contributed by atoms with Crippen LogP contribution in [0.4, 0.5) is 0 Å². The van der Waals surface area contributed by atoms with Crippen LogP contribution in [-0.4, -0.2) is 29.1 Å². The van der Waals surface area contributed by atoms with Crippen LogP contribution in [0.1, 0.15) is 11.1 Å². The van der Waals surface area contributed by atoms with E-state index in [-0.39, 0.29) is 19.5 Å². The molecule has 0 aliphatic carbocycles. The number of aliphatic carboxylic acids is 1. The van der Waals surface area contributed by atoms with Gasteiger partial charge in [-0.3, -0.25) is 9.69 Å². The van der Waals surface area contributed by atoms with Crippen LogP contribution in [0.3, 0.4) is 0 Å². The largest absolute Gasteiger partial charge is 0.481 e. The molecule has 5 nitrogen and oxygen atoms in total. The first-order valence-electron chi connectivity index (χ1n) is 5.41. The standard InChI is InChI=1S/C13H13N3O2/c14-5-7-16(8-6-15)10-12-3-1-11(2-4-12)9-13(17)18/h1-4H,7-10H2,(H,17,18). The summed E-state index contributed by atoms with van der Waals surface area (Å²) in [4.78, 5) is 12.2. The maximum absolute atomic E-state index is 10.5. The molecule has 0 atom stereocenters. The van der Waals surface area contributed by atoms with E-state index in [1.165, 1.54) is 0 Å². The number of carboxylic acids is 1. The third-order valence-electron chi connectivity index (χ3n) is 2.37. The summed E-state index contributed by atoms with van der Waals surface area (Å²) in [7, 11) is 0. The molecule has 1 N–H and O–H groups in total. The van der Waals surface area contributed by atoms with E-state index < -0.39 is 5.97 Å². The molecule has 0 unspecified atom stereocenters. The number of carboxylic acid groups (broad SMARTS) is 1. The number of nitrogens with zero attached hydrogens (tertiary/aromatic N) is 3. The Hall–Kier alpha value is -2.37. The highest BCUT2D eigenvalue weighted by molar-refractivity contribution is 5.70. The fraction of sp³-hybridized carbons (Fsp3) is 0.308. The van der Waals surface area contributed by atoms with Crippen molar-refractivity contribution < 1.29 is 9.90 Å². The first kappa shape index (κ1) is 13.7. The highest BCUT2D eigenvalue weighted by Crippen LogP contribution is 2.08. The van der Waals surface area contributed by atoms with Crippen molar-refractivity contribution in [1.29, 1.82) is 10.5 Å². The lowest BCUT2D eigenvalue weighted by Gasteiger charge is -2.15. The summed E-state index contributed by atoms with van der Waals surface area (Å²) in [5, 5.41) is 25.9. The predicted molar refractivity (Wildman–Crippen MR) is 64.3 cm³/mol. The van der Waals surface area contributed by atoms with Crippen molar-refractivity contribution in [2.24, 2.45) is 0 Å². The number of hydrogen-bond donors (Lipinski definition) is 1. The molecule has 0 aliphatic heterocycles. The van der Waals surface area contributed by atoms with Crippen molar-refractivity contribution in [3.8, 4) is 12.1 Å². The topological polar surface area (TPSA) is 88.1 Å². The van der Waals surface area contributed by atoms with Crippen LogP contribution in [0.15, 0.2) is 24.3 Å². The minimum atomic E-state index is -0.863. The van der Waals surface area contributed by atoms with Crippen molar-refractivity contribution in [3.63, 3.8) is 0 Å². The van der Waals surface area contributed by atoms with Gasteiger partial charge in [0, 0.05) is 6.54 Å². The highest BCUT2D eigenvalue weighted by Gasteiger charge is 2.05. The van der Waals surface area contributed by atoms with Crippen molar-refractivity contribution in [3.05, 3.63) is 35.4 Å². The van der Waals surface area contributed by atoms with E-state index >= 15 is 0 Å². The van der Waals surface area contributed by atoms with Gasteiger partial charge in [0.15, 0.2) is 0 Å². The number of hydrogen-bond acceptors (Lipinski definition) is 4. The molecule has 0 heterocycles. The molecule has 0 saturated heterocycles. The molecule has 1 rings (SSSR count). The molecule has 0 amide bonds. The minimum absolute atomic E-state index is 0.000382. The molecule has 0 spiro atoms. The van der Waals surface area contributed by atoms with Crippen LogP contribution >= 0.6 is 0 Å². The SMILES string of the molecule is N#CCN(CC#N)Cc1ccc(CC(=O)O)cc1. The summed E-state index contributed by atoms with van der Waals surface area (Å²) in [6.07, 6.45) is 0.000382. The van der Waals surface area contributed by atoms with Crippen LogP contribution in [0.5, 0.6) is 0 Å². The van der Waals surface area contributed by atoms with Gasteiger partial charge in [-0.05, 0) is 11.1 Å². The van der Waals surface area contributed by atoms with Gasteiger partial charge in [0.05, 0.1) is 31.6 Å². The molecule has 0 bridgehead atoms. The summed E-state index contributed by atoms with van der Waals surface area (Å²) < 4.78 is 0. The van der Waals surface area contributed by atoms with Gasteiger partial charge in [-0.15, -0.1) is 0 Å². The summed E-state index contributed by atoms with van der Waals surface area (Å²) in [6, 6.07) is 11.2. The van der Waals surface area contributed by atoms with Crippen LogP contribution in [-0.2, 0) is 17.8 Å². The van der Waals surface area contributed by atoms with E-state index in [0.29, 0.717) is 6.54 Å². The van der Waals surface area contributed by atoms with Crippen LogP contribution in [0.2, 0.25) is 0 Å². The Balaban J connectivity index is 2.65. The van der Waals surface area contributed by atoms with E-state index in [0.717, 1.165) is 11.1 Å². The summed E-state index contributed by atoms with van der Waals surface area (Å²) in [5.74, 6) is -0.863. The fourth-order valence-electron chi connectivity index (χ4n) is 1.56. The summed E-state index contributed by atoms with van der Waals surface area (Å²) in [6.45, 7) is 0.906. The Morgan fingerprint density at radius 3 is 2.06 bits per heavy atom. The lowest BCUT2D eigenvalue weighted by atomic mass is 10.1. The van der Waals surface area contributed by atoms with Crippen molar-refractivity contribution in [1.82, 2.24) is 4.90 Å². The average Bonchev–Trinajstić information content (AvgIpc) is 2.31. The fourth-order valence-corrected chi connectivity index (χ4v) is 1.56. The first-order valence-corrected chi connectivity index (χ1v) is 5.41. The molecule has 0 fully saturated rings. The van der Waals surface area contributed by atoms with E-state index in [9.17, 15) is 4.79 Å². The second kappa shape index (κ2) is 7.05. The Morgan fingerprint density at radius 2 is 1.61 bits per heavy atom. The molecular weight excluding hydrogens is 230 g/mol. The Morgan fingerprint density at radius 1 is 1.11 bits per heavy atom. The lowest BCUT2D eigenvalue weighted by Crippen LogP contribution is -2.23. The van der Waals surface area contributed by atoms with Gasteiger partial charge < -0.3 is 5.11 Å². The normalized spacial score (nSPS) is 9.72. The molecule has 0 aromatic heterocycles. The maximum atomic E-state index is 10.5. The van der Waals surface area contributed by atoms with Gasteiger partial charge in [0.1, 0.15) is 0 Å². The van der Waals surface area contributed by atoms with Gasteiger partial charge >= 0.3 is 5.97 Å². The molecule has 1 aromatic carbocycles. The Bertz CT molecular complexity index is 466. The second-order valence-corrected chi connectivity index (χ2v) is 3.85. The monoisotopic (exact) mass is 243 g/mol. The number of nitriles is 2. The van der Waals surface area contributed by atoms with Crippen molar-refractivity contribution in [2.75, 3.05) is 13.1 Å². The van der Waals surface area contributed by atoms with Gasteiger partial charge in [0.2, 0.25) is 0 Å². The minimum Gasteiger partial charge on any atom is -0.481 e. The molecule has 0 radical (unpaired) electrons. The number of carbonyl (C=O) groups is 1. The highest BCUT2D eigenvalue weighted by atomic mass is 16.4. The van der Waals surface area contributed by atoms with E-state index in [4.69, 9.17) is 15.6 Å². The van der Waals surface area contributed by atoms with Crippen LogP contribution in [0, 0.1) is 22.7 Å². The van der Waals surface area contributed by atoms with Crippen molar-refractivity contribution in [2.45, 2.75) is 13.0 Å². The Kier molecular flexibility index (Phi) is 5.37. The third-order valence-corrected chi connectivity index (χ3v) is 2.37. The summed E-state index contributed by atoms with van der Waals surface area (Å²) >= 11 is 0.